The van der Waals surface area contributed by atoms with Gasteiger partial charge in [0.05, 0.1) is 5.69 Å². The SMILES string of the molecule is O=C(Nc1ccc(F)c(F)c1F)c1cccc2[nH]ccc12. The molecule has 2 N–H and O–H groups in total. The van der Waals surface area contributed by atoms with Gasteiger partial charge in [0, 0.05) is 22.7 Å². The molecular formula is C15H9F3N2O. The van der Waals surface area contributed by atoms with Gasteiger partial charge in [-0.2, -0.15) is 0 Å². The number of aromatic amines is 1. The molecule has 2 aromatic carbocycles. The van der Waals surface area contributed by atoms with Gasteiger partial charge in [0.15, 0.2) is 17.5 Å². The van der Waals surface area contributed by atoms with Gasteiger partial charge in [-0.25, -0.2) is 13.2 Å². The summed E-state index contributed by atoms with van der Waals surface area (Å²) in [5.74, 6) is -4.96. The molecule has 0 fully saturated rings. The first kappa shape index (κ1) is 13.2. The van der Waals surface area contributed by atoms with Crippen LogP contribution in [-0.4, -0.2) is 10.9 Å². The molecule has 3 rings (SSSR count). The maximum atomic E-state index is 13.6. The Kier molecular flexibility index (Phi) is 3.13. The minimum absolute atomic E-state index is 0.304. The fourth-order valence-electron chi connectivity index (χ4n) is 2.10. The summed E-state index contributed by atoms with van der Waals surface area (Å²) in [5, 5.41) is 2.89. The molecule has 1 heterocycles. The number of benzene rings is 2. The third-order valence-corrected chi connectivity index (χ3v) is 3.12. The van der Waals surface area contributed by atoms with Crippen molar-refractivity contribution in [2.45, 2.75) is 0 Å². The molecular weight excluding hydrogens is 281 g/mol. The Bertz CT molecular complexity index is 842. The second-order valence-corrected chi connectivity index (χ2v) is 4.42. The average Bonchev–Trinajstić information content (AvgIpc) is 2.96. The molecule has 0 saturated carbocycles. The lowest BCUT2D eigenvalue weighted by Crippen LogP contribution is -2.14. The van der Waals surface area contributed by atoms with E-state index in [2.05, 4.69) is 10.3 Å². The van der Waals surface area contributed by atoms with E-state index in [-0.39, 0.29) is 0 Å². The molecule has 6 heteroatoms. The van der Waals surface area contributed by atoms with Gasteiger partial charge in [0.25, 0.3) is 5.91 Å². The molecule has 1 aromatic heterocycles. The predicted octanol–water partition coefficient (Wildman–Crippen LogP) is 3.84. The third kappa shape index (κ3) is 2.24. The van der Waals surface area contributed by atoms with E-state index in [1.807, 2.05) is 0 Å². The highest BCUT2D eigenvalue weighted by atomic mass is 19.2. The number of anilines is 1. The van der Waals surface area contributed by atoms with Crippen molar-refractivity contribution < 1.29 is 18.0 Å². The van der Waals surface area contributed by atoms with Gasteiger partial charge in [-0.15, -0.1) is 0 Å². The van der Waals surface area contributed by atoms with Crippen molar-refractivity contribution in [3.8, 4) is 0 Å². The molecule has 3 nitrogen and oxygen atoms in total. The van der Waals surface area contributed by atoms with Crippen LogP contribution < -0.4 is 5.32 Å². The first-order chi connectivity index (χ1) is 10.1. The Morgan fingerprint density at radius 2 is 1.81 bits per heavy atom. The molecule has 0 saturated heterocycles. The van der Waals surface area contributed by atoms with Crippen LogP contribution in [0.1, 0.15) is 10.4 Å². The number of H-pyrrole nitrogens is 1. The molecule has 106 valence electrons. The fraction of sp³-hybridized carbons (Fsp3) is 0. The van der Waals surface area contributed by atoms with E-state index >= 15 is 0 Å². The van der Waals surface area contributed by atoms with Gasteiger partial charge in [0.2, 0.25) is 0 Å². The monoisotopic (exact) mass is 290 g/mol. The quantitative estimate of drug-likeness (QED) is 0.692. The lowest BCUT2D eigenvalue weighted by molar-refractivity contribution is 0.102. The van der Waals surface area contributed by atoms with Gasteiger partial charge in [0.1, 0.15) is 0 Å². The van der Waals surface area contributed by atoms with Crippen molar-refractivity contribution in [1.82, 2.24) is 4.98 Å². The van der Waals surface area contributed by atoms with Crippen LogP contribution in [0.5, 0.6) is 0 Å². The van der Waals surface area contributed by atoms with Crippen LogP contribution in [0, 0.1) is 17.5 Å². The molecule has 0 unspecified atom stereocenters. The van der Waals surface area contributed by atoms with E-state index < -0.39 is 29.0 Å². The van der Waals surface area contributed by atoms with Crippen LogP contribution in [0.4, 0.5) is 18.9 Å². The van der Waals surface area contributed by atoms with Crippen molar-refractivity contribution in [3.63, 3.8) is 0 Å². The number of amides is 1. The van der Waals surface area contributed by atoms with E-state index in [4.69, 9.17) is 0 Å². The Morgan fingerprint density at radius 3 is 2.62 bits per heavy atom. The minimum atomic E-state index is -1.62. The standard InChI is InChI=1S/C15H9F3N2O/c16-10-4-5-12(14(18)13(10)17)20-15(21)9-2-1-3-11-8(9)6-7-19-11/h1-7,19H,(H,20,21). The fourth-order valence-corrected chi connectivity index (χ4v) is 2.10. The van der Waals surface area contributed by atoms with Crippen LogP contribution in [0.3, 0.4) is 0 Å². The number of rotatable bonds is 2. The summed E-state index contributed by atoms with van der Waals surface area (Å²) in [6.07, 6.45) is 1.67. The van der Waals surface area contributed by atoms with Crippen molar-refractivity contribution >= 4 is 22.5 Å². The number of carbonyl (C=O) groups excluding carboxylic acids is 1. The number of carbonyl (C=O) groups is 1. The van der Waals surface area contributed by atoms with E-state index in [0.29, 0.717) is 10.9 Å². The van der Waals surface area contributed by atoms with Crippen LogP contribution in [-0.2, 0) is 0 Å². The Hall–Kier alpha value is -2.76. The molecule has 0 aliphatic rings. The first-order valence-corrected chi connectivity index (χ1v) is 6.09. The predicted molar refractivity (Wildman–Crippen MR) is 72.6 cm³/mol. The molecule has 0 atom stereocenters. The largest absolute Gasteiger partial charge is 0.361 e. The molecule has 0 aliphatic carbocycles. The summed E-state index contributed by atoms with van der Waals surface area (Å²) >= 11 is 0. The molecule has 0 radical (unpaired) electrons. The van der Waals surface area contributed by atoms with Gasteiger partial charge in [-0.05, 0) is 30.3 Å². The number of fused-ring (bicyclic) bond motifs is 1. The normalized spacial score (nSPS) is 10.8. The summed E-state index contributed by atoms with van der Waals surface area (Å²) in [5.41, 5.74) is 0.637. The smallest absolute Gasteiger partial charge is 0.256 e. The van der Waals surface area contributed by atoms with Crippen molar-refractivity contribution in [2.75, 3.05) is 5.32 Å². The van der Waals surface area contributed by atoms with Crippen LogP contribution in [0.2, 0.25) is 0 Å². The number of aromatic nitrogens is 1. The van der Waals surface area contributed by atoms with E-state index in [1.54, 1.807) is 30.5 Å². The third-order valence-electron chi connectivity index (χ3n) is 3.12. The lowest BCUT2D eigenvalue weighted by Gasteiger charge is -2.08. The zero-order chi connectivity index (χ0) is 15.0. The van der Waals surface area contributed by atoms with E-state index in [1.165, 1.54) is 0 Å². The second-order valence-electron chi connectivity index (χ2n) is 4.42. The highest BCUT2D eigenvalue weighted by Gasteiger charge is 2.17. The van der Waals surface area contributed by atoms with Gasteiger partial charge in [-0.1, -0.05) is 6.07 Å². The molecule has 0 aliphatic heterocycles. The van der Waals surface area contributed by atoms with Crippen LogP contribution in [0.15, 0.2) is 42.6 Å². The molecule has 0 spiro atoms. The number of hydrogen-bond donors (Lipinski definition) is 2. The van der Waals surface area contributed by atoms with Crippen molar-refractivity contribution in [2.24, 2.45) is 0 Å². The van der Waals surface area contributed by atoms with Gasteiger partial charge in [-0.3, -0.25) is 4.79 Å². The van der Waals surface area contributed by atoms with Crippen molar-refractivity contribution in [3.05, 3.63) is 65.6 Å². The first-order valence-electron chi connectivity index (χ1n) is 6.09. The molecule has 1 amide bonds. The van der Waals surface area contributed by atoms with Gasteiger partial charge >= 0.3 is 0 Å². The second kappa shape index (κ2) is 4.97. The van der Waals surface area contributed by atoms with Gasteiger partial charge < -0.3 is 10.3 Å². The van der Waals surface area contributed by atoms with Crippen molar-refractivity contribution in [1.29, 1.82) is 0 Å². The molecule has 0 bridgehead atoms. The summed E-state index contributed by atoms with van der Waals surface area (Å²) in [4.78, 5) is 15.1. The summed E-state index contributed by atoms with van der Waals surface area (Å²) in [7, 11) is 0. The number of hydrogen-bond acceptors (Lipinski definition) is 1. The highest BCUT2D eigenvalue weighted by molar-refractivity contribution is 6.12. The zero-order valence-electron chi connectivity index (χ0n) is 10.6. The Balaban J connectivity index is 1.97. The topological polar surface area (TPSA) is 44.9 Å². The van der Waals surface area contributed by atoms with Crippen LogP contribution in [0.25, 0.3) is 10.9 Å². The summed E-state index contributed by atoms with van der Waals surface area (Å²) in [6, 6.07) is 8.43. The molecule has 3 aromatic rings. The van der Waals surface area contributed by atoms with Crippen LogP contribution >= 0.6 is 0 Å². The molecule has 21 heavy (non-hydrogen) atoms. The number of halogens is 3. The minimum Gasteiger partial charge on any atom is -0.361 e. The summed E-state index contributed by atoms with van der Waals surface area (Å²) < 4.78 is 39.6. The number of nitrogens with one attached hydrogen (secondary N) is 2. The Morgan fingerprint density at radius 1 is 1.00 bits per heavy atom. The lowest BCUT2D eigenvalue weighted by atomic mass is 10.1. The summed E-state index contributed by atoms with van der Waals surface area (Å²) in [6.45, 7) is 0. The average molecular weight is 290 g/mol. The maximum absolute atomic E-state index is 13.6. The zero-order valence-corrected chi connectivity index (χ0v) is 10.6. The maximum Gasteiger partial charge on any atom is 0.256 e. The highest BCUT2D eigenvalue weighted by Crippen LogP contribution is 2.22. The van der Waals surface area contributed by atoms with E-state index in [9.17, 15) is 18.0 Å². The Labute approximate surface area is 117 Å². The van der Waals surface area contributed by atoms with E-state index in [0.717, 1.165) is 17.6 Å².